The molecule has 0 spiro atoms. The molecule has 0 aromatic heterocycles. The van der Waals surface area contributed by atoms with Gasteiger partial charge < -0.3 is 10.0 Å². The number of likely N-dealkylation sites (tertiary alicyclic amines) is 1. The third-order valence-corrected chi connectivity index (χ3v) is 8.69. The van der Waals surface area contributed by atoms with Crippen molar-refractivity contribution in [3.63, 3.8) is 0 Å². The second kappa shape index (κ2) is 8.79. The number of aryl methyl sites for hydroxylation is 2. The Morgan fingerprint density at radius 1 is 1.03 bits per heavy atom. The molecule has 1 N–H and O–H groups in total. The van der Waals surface area contributed by atoms with Gasteiger partial charge in [-0.2, -0.15) is 0 Å². The van der Waals surface area contributed by atoms with E-state index in [2.05, 4.69) is 42.2 Å². The van der Waals surface area contributed by atoms with E-state index in [-0.39, 0.29) is 29.2 Å². The summed E-state index contributed by atoms with van der Waals surface area (Å²) in [4.78, 5) is 27.2. The lowest BCUT2D eigenvalue weighted by Crippen LogP contribution is -2.50. The molecule has 2 atom stereocenters. The van der Waals surface area contributed by atoms with E-state index in [4.69, 9.17) is 11.6 Å². The van der Waals surface area contributed by atoms with Crippen molar-refractivity contribution >= 4 is 23.5 Å². The van der Waals surface area contributed by atoms with Crippen molar-refractivity contribution in [3.05, 3.63) is 69.7 Å². The van der Waals surface area contributed by atoms with Crippen molar-refractivity contribution in [2.75, 3.05) is 6.54 Å². The maximum atomic E-state index is 13.7. The summed E-state index contributed by atoms with van der Waals surface area (Å²) in [6, 6.07) is 15.2. The molecule has 2 unspecified atom stereocenters. The fraction of sp³-hybridized carbons (Fsp3) is 0.500. The predicted molar refractivity (Wildman–Crippen MR) is 130 cm³/mol. The first-order valence-electron chi connectivity index (χ1n) is 12.2. The molecule has 174 valence electrons. The van der Waals surface area contributed by atoms with Gasteiger partial charge >= 0.3 is 5.97 Å². The molecule has 2 aliphatic carbocycles. The van der Waals surface area contributed by atoms with Crippen LogP contribution in [0.25, 0.3) is 0 Å². The first-order valence-corrected chi connectivity index (χ1v) is 12.6. The van der Waals surface area contributed by atoms with Gasteiger partial charge in [0.2, 0.25) is 5.91 Å². The van der Waals surface area contributed by atoms with E-state index >= 15 is 0 Å². The molecule has 4 nitrogen and oxygen atoms in total. The highest BCUT2D eigenvalue weighted by Crippen LogP contribution is 2.50. The van der Waals surface area contributed by atoms with Crippen molar-refractivity contribution in [1.29, 1.82) is 0 Å². The third-order valence-electron chi connectivity index (χ3n) is 8.44. The van der Waals surface area contributed by atoms with E-state index in [1.807, 2.05) is 12.1 Å². The molecule has 1 amide bonds. The molecule has 2 fully saturated rings. The molecule has 0 bridgehead atoms. The van der Waals surface area contributed by atoms with Crippen LogP contribution in [0.3, 0.4) is 0 Å². The maximum Gasteiger partial charge on any atom is 0.306 e. The van der Waals surface area contributed by atoms with Gasteiger partial charge in [0.15, 0.2) is 0 Å². The van der Waals surface area contributed by atoms with Crippen molar-refractivity contribution in [3.8, 4) is 0 Å². The normalized spacial score (nSPS) is 28.8. The van der Waals surface area contributed by atoms with E-state index in [1.165, 1.54) is 22.3 Å². The fourth-order valence-corrected chi connectivity index (χ4v) is 6.87. The number of carboxylic acid groups (broad SMARTS) is 1. The number of benzene rings is 2. The molecular weight excluding hydrogens is 434 g/mol. The number of carbonyl (C=O) groups excluding carboxylic acids is 1. The van der Waals surface area contributed by atoms with Gasteiger partial charge in [-0.25, -0.2) is 0 Å². The number of carboxylic acids is 1. The average Bonchev–Trinajstić information content (AvgIpc) is 3.19. The first kappa shape index (κ1) is 22.5. The quantitative estimate of drug-likeness (QED) is 0.642. The number of amides is 1. The van der Waals surface area contributed by atoms with Crippen LogP contribution in [0.5, 0.6) is 0 Å². The minimum Gasteiger partial charge on any atom is -0.481 e. The first-order chi connectivity index (χ1) is 15.9. The van der Waals surface area contributed by atoms with Gasteiger partial charge in [-0.3, -0.25) is 9.59 Å². The summed E-state index contributed by atoms with van der Waals surface area (Å²) in [5.74, 6) is -0.798. The molecule has 1 saturated heterocycles. The lowest BCUT2D eigenvalue weighted by atomic mass is 9.63. The number of hydrogen-bond acceptors (Lipinski definition) is 2. The Bertz CT molecular complexity index is 1060. The standard InChI is InChI=1S/C28H32ClNO3/c1-18-2-12-24-22(16-18)9-13-25-28(24,17-19-3-10-23(29)11-4-19)14-15-30(25)26(31)20-5-7-21(8-6-20)27(32)33/h2-4,10-12,16,20-21,25H,5-9,13-15,17H2,1H3,(H,32,33). The summed E-state index contributed by atoms with van der Waals surface area (Å²) in [6.45, 7) is 2.93. The predicted octanol–water partition coefficient (Wildman–Crippen LogP) is 5.57. The Morgan fingerprint density at radius 3 is 2.42 bits per heavy atom. The van der Waals surface area contributed by atoms with Crippen molar-refractivity contribution in [1.82, 2.24) is 4.90 Å². The average molecular weight is 466 g/mol. The minimum absolute atomic E-state index is 0.0358. The van der Waals surface area contributed by atoms with Crippen LogP contribution in [0, 0.1) is 18.8 Å². The van der Waals surface area contributed by atoms with Crippen LogP contribution in [-0.4, -0.2) is 34.5 Å². The Labute approximate surface area is 200 Å². The number of nitrogens with zero attached hydrogens (tertiary/aromatic N) is 1. The molecule has 2 aromatic carbocycles. The van der Waals surface area contributed by atoms with Crippen molar-refractivity contribution in [2.24, 2.45) is 11.8 Å². The number of hydrogen-bond donors (Lipinski definition) is 1. The van der Waals surface area contributed by atoms with Crippen LogP contribution in [-0.2, 0) is 27.8 Å². The van der Waals surface area contributed by atoms with Gasteiger partial charge in [0.1, 0.15) is 0 Å². The number of carbonyl (C=O) groups is 2. The number of fused-ring (bicyclic) bond motifs is 3. The van der Waals surface area contributed by atoms with E-state index in [0.717, 1.165) is 37.3 Å². The van der Waals surface area contributed by atoms with E-state index in [9.17, 15) is 14.7 Å². The Kier molecular flexibility index (Phi) is 5.98. The van der Waals surface area contributed by atoms with Crippen LogP contribution in [0.15, 0.2) is 42.5 Å². The number of rotatable bonds is 4. The molecule has 5 heteroatoms. The monoisotopic (exact) mass is 465 g/mol. The second-order valence-electron chi connectivity index (χ2n) is 10.3. The summed E-state index contributed by atoms with van der Waals surface area (Å²) in [5, 5.41) is 10.1. The van der Waals surface area contributed by atoms with Gasteiger partial charge in [0, 0.05) is 28.9 Å². The molecule has 5 rings (SSSR count). The topological polar surface area (TPSA) is 57.6 Å². The zero-order valence-corrected chi connectivity index (χ0v) is 20.0. The van der Waals surface area contributed by atoms with E-state index in [1.54, 1.807) is 0 Å². The van der Waals surface area contributed by atoms with Gasteiger partial charge in [-0.15, -0.1) is 0 Å². The summed E-state index contributed by atoms with van der Waals surface area (Å²) in [7, 11) is 0. The molecule has 0 radical (unpaired) electrons. The highest BCUT2D eigenvalue weighted by molar-refractivity contribution is 6.30. The highest BCUT2D eigenvalue weighted by Gasteiger charge is 2.53. The third kappa shape index (κ3) is 4.07. The fourth-order valence-electron chi connectivity index (χ4n) is 6.75. The van der Waals surface area contributed by atoms with Gasteiger partial charge in [-0.1, -0.05) is 47.5 Å². The molecule has 1 heterocycles. The van der Waals surface area contributed by atoms with Gasteiger partial charge in [0.25, 0.3) is 0 Å². The van der Waals surface area contributed by atoms with Crippen LogP contribution in [0.2, 0.25) is 5.02 Å². The maximum absolute atomic E-state index is 13.7. The van der Waals surface area contributed by atoms with Crippen LogP contribution < -0.4 is 0 Å². The molecule has 3 aliphatic rings. The second-order valence-corrected chi connectivity index (χ2v) is 10.8. The SMILES string of the molecule is Cc1ccc2c(c1)CCC1N(C(=O)C3CCC(C(=O)O)CC3)CCC21Cc1ccc(Cl)cc1. The number of aliphatic carboxylic acids is 1. The van der Waals surface area contributed by atoms with Gasteiger partial charge in [-0.05, 0) is 87.1 Å². The minimum atomic E-state index is -0.719. The van der Waals surface area contributed by atoms with E-state index in [0.29, 0.717) is 25.7 Å². The summed E-state index contributed by atoms with van der Waals surface area (Å²) < 4.78 is 0. The van der Waals surface area contributed by atoms with Gasteiger partial charge in [0.05, 0.1) is 5.92 Å². The molecular formula is C28H32ClNO3. The lowest BCUT2D eigenvalue weighted by Gasteiger charge is -2.44. The molecule has 2 aromatic rings. The van der Waals surface area contributed by atoms with E-state index < -0.39 is 5.97 Å². The number of halogens is 1. The van der Waals surface area contributed by atoms with Crippen LogP contribution >= 0.6 is 11.6 Å². The zero-order chi connectivity index (χ0) is 23.2. The molecule has 1 saturated carbocycles. The van der Waals surface area contributed by atoms with Crippen LogP contribution in [0.1, 0.15) is 60.8 Å². The summed E-state index contributed by atoms with van der Waals surface area (Å²) >= 11 is 6.15. The Balaban J connectivity index is 1.45. The van der Waals surface area contributed by atoms with Crippen molar-refractivity contribution < 1.29 is 14.7 Å². The molecule has 1 aliphatic heterocycles. The zero-order valence-electron chi connectivity index (χ0n) is 19.2. The highest BCUT2D eigenvalue weighted by atomic mass is 35.5. The largest absolute Gasteiger partial charge is 0.481 e. The Hall–Kier alpha value is -2.33. The molecule has 33 heavy (non-hydrogen) atoms. The van der Waals surface area contributed by atoms with Crippen molar-refractivity contribution in [2.45, 2.75) is 69.7 Å². The van der Waals surface area contributed by atoms with Crippen LogP contribution in [0.4, 0.5) is 0 Å². The summed E-state index contributed by atoms with van der Waals surface area (Å²) in [6.07, 6.45) is 6.47. The lowest BCUT2D eigenvalue weighted by molar-refractivity contribution is -0.146. The summed E-state index contributed by atoms with van der Waals surface area (Å²) in [5.41, 5.74) is 5.30. The smallest absolute Gasteiger partial charge is 0.306 e. The Morgan fingerprint density at radius 2 is 1.73 bits per heavy atom.